The fourth-order valence-corrected chi connectivity index (χ4v) is 10.5. The van der Waals surface area contributed by atoms with E-state index in [1.165, 1.54) is 72.3 Å². The van der Waals surface area contributed by atoms with Gasteiger partial charge >= 0.3 is 0 Å². The maximum absolute atomic E-state index is 6.72. The van der Waals surface area contributed by atoms with E-state index in [-0.39, 0.29) is 5.41 Å². The molecule has 0 saturated carbocycles. The third-order valence-corrected chi connectivity index (χ3v) is 12.8. The van der Waals surface area contributed by atoms with Crippen molar-refractivity contribution in [2.24, 2.45) is 0 Å². The van der Waals surface area contributed by atoms with E-state index in [9.17, 15) is 0 Å². The molecule has 9 aromatic carbocycles. The van der Waals surface area contributed by atoms with Crippen molar-refractivity contribution in [3.8, 4) is 56.0 Å². The first-order valence-corrected chi connectivity index (χ1v) is 19.8. The highest BCUT2D eigenvalue weighted by atomic mass is 16.5. The summed E-state index contributed by atoms with van der Waals surface area (Å²) in [5.41, 5.74) is 19.2. The molecule has 1 heterocycles. The Hall–Kier alpha value is -7.22. The lowest BCUT2D eigenvalue weighted by Crippen LogP contribution is -2.34. The summed E-state index contributed by atoms with van der Waals surface area (Å²) < 4.78 is 6.72. The Labute approximate surface area is 333 Å². The zero-order valence-electron chi connectivity index (χ0n) is 31.2. The first-order valence-electron chi connectivity index (χ1n) is 19.8. The highest BCUT2D eigenvalue weighted by Gasteiger charge is 2.51. The molecule has 1 aliphatic heterocycles. The molecule has 0 aromatic heterocycles. The van der Waals surface area contributed by atoms with Gasteiger partial charge in [-0.3, -0.25) is 0 Å². The van der Waals surface area contributed by atoms with Gasteiger partial charge in [-0.15, -0.1) is 0 Å². The van der Waals surface area contributed by atoms with Gasteiger partial charge in [0.25, 0.3) is 0 Å². The Bertz CT molecular complexity index is 2940. The van der Waals surface area contributed by atoms with Crippen LogP contribution < -0.4 is 4.74 Å². The van der Waals surface area contributed by atoms with E-state index < -0.39 is 5.41 Å². The largest absolute Gasteiger partial charge is 0.457 e. The molecule has 3 aliphatic rings. The fraction of sp³-hybridized carbons (Fsp3) is 0.0357. The highest BCUT2D eigenvalue weighted by molar-refractivity contribution is 5.96. The first kappa shape index (κ1) is 32.1. The van der Waals surface area contributed by atoms with E-state index >= 15 is 0 Å². The van der Waals surface area contributed by atoms with Crippen LogP contribution in [0, 0.1) is 0 Å². The highest BCUT2D eigenvalue weighted by Crippen LogP contribution is 2.63. The van der Waals surface area contributed by atoms with Crippen molar-refractivity contribution in [1.29, 1.82) is 0 Å². The quantitative estimate of drug-likeness (QED) is 0.176. The lowest BCUT2D eigenvalue weighted by molar-refractivity contribution is 0.434. The molecule has 0 radical (unpaired) electrons. The third kappa shape index (κ3) is 4.34. The minimum absolute atomic E-state index is 0.375. The summed E-state index contributed by atoms with van der Waals surface area (Å²) in [5, 5.41) is 0. The van der Waals surface area contributed by atoms with Crippen molar-refractivity contribution in [3.63, 3.8) is 0 Å². The maximum Gasteiger partial charge on any atom is 0.132 e. The van der Waals surface area contributed by atoms with Crippen LogP contribution in [0.3, 0.4) is 0 Å². The maximum atomic E-state index is 6.72. The van der Waals surface area contributed by atoms with E-state index in [0.29, 0.717) is 0 Å². The van der Waals surface area contributed by atoms with Crippen LogP contribution in [0.25, 0.3) is 44.5 Å². The van der Waals surface area contributed by atoms with Crippen LogP contribution in [-0.4, -0.2) is 0 Å². The molecule has 1 heteroatoms. The van der Waals surface area contributed by atoms with Crippen LogP contribution >= 0.6 is 0 Å². The van der Waals surface area contributed by atoms with Gasteiger partial charge < -0.3 is 4.74 Å². The molecule has 0 fully saturated rings. The van der Waals surface area contributed by atoms with Crippen molar-refractivity contribution in [2.75, 3.05) is 0 Å². The van der Waals surface area contributed by atoms with Crippen LogP contribution in [0.4, 0.5) is 0 Å². The minimum Gasteiger partial charge on any atom is -0.457 e. The number of rotatable bonds is 4. The third-order valence-electron chi connectivity index (χ3n) is 12.8. The number of fused-ring (bicyclic) bond motifs is 12. The van der Waals surface area contributed by atoms with Crippen LogP contribution in [0.5, 0.6) is 11.5 Å². The molecule has 0 N–H and O–H groups in total. The molecular weight excluding hydrogens is 689 g/mol. The lowest BCUT2D eigenvalue weighted by atomic mass is 9.63. The van der Waals surface area contributed by atoms with Crippen molar-refractivity contribution >= 4 is 0 Å². The van der Waals surface area contributed by atoms with Gasteiger partial charge in [0.1, 0.15) is 11.5 Å². The van der Waals surface area contributed by atoms with Crippen molar-refractivity contribution in [1.82, 2.24) is 0 Å². The summed E-state index contributed by atoms with van der Waals surface area (Å²) >= 11 is 0. The van der Waals surface area contributed by atoms with E-state index in [1.54, 1.807) is 0 Å². The molecular formula is C56H36O. The average Bonchev–Trinajstić information content (AvgIpc) is 3.76. The monoisotopic (exact) mass is 724 g/mol. The second kappa shape index (κ2) is 12.1. The van der Waals surface area contributed by atoms with E-state index in [1.807, 2.05) is 0 Å². The second-order valence-electron chi connectivity index (χ2n) is 15.5. The van der Waals surface area contributed by atoms with Gasteiger partial charge in [-0.2, -0.15) is 0 Å². The van der Waals surface area contributed by atoms with Gasteiger partial charge in [0.15, 0.2) is 0 Å². The lowest BCUT2D eigenvalue weighted by Gasteiger charge is -2.41. The Morgan fingerprint density at radius 2 is 0.667 bits per heavy atom. The normalized spacial score (nSPS) is 14.4. The molecule has 0 unspecified atom stereocenters. The zero-order chi connectivity index (χ0) is 37.6. The molecule has 57 heavy (non-hydrogen) atoms. The van der Waals surface area contributed by atoms with Crippen molar-refractivity contribution in [2.45, 2.75) is 10.8 Å². The van der Waals surface area contributed by atoms with Gasteiger partial charge in [-0.1, -0.05) is 188 Å². The Morgan fingerprint density at radius 1 is 0.246 bits per heavy atom. The standard InChI is InChI=1S/C56H36O/c1-3-18-41(19-4-1)55(42-20-5-2-6-21-42)50-28-13-14-29-53(50)57-54-33-31-40(36-52(54)55)38-17-15-16-37(34-38)39-30-32-46-45-24-9-12-27-49(45)56(51(46)35-39)47-25-10-7-22-43(47)44-23-8-11-26-48(44)56/h1-36H. The smallest absolute Gasteiger partial charge is 0.132 e. The molecule has 266 valence electrons. The summed E-state index contributed by atoms with van der Waals surface area (Å²) in [6.45, 7) is 0. The first-order chi connectivity index (χ1) is 28.3. The van der Waals surface area contributed by atoms with Gasteiger partial charge in [-0.05, 0) is 108 Å². The van der Waals surface area contributed by atoms with Crippen LogP contribution in [0.1, 0.15) is 44.5 Å². The zero-order valence-corrected chi connectivity index (χ0v) is 31.2. The molecule has 0 atom stereocenters. The van der Waals surface area contributed by atoms with Gasteiger partial charge in [0.2, 0.25) is 0 Å². The molecule has 12 rings (SSSR count). The molecule has 0 bridgehead atoms. The predicted octanol–water partition coefficient (Wildman–Crippen LogP) is 13.9. The van der Waals surface area contributed by atoms with Gasteiger partial charge in [0, 0.05) is 11.1 Å². The molecule has 0 saturated heterocycles. The summed E-state index contributed by atoms with van der Waals surface area (Å²) in [6, 6.07) is 80.3. The topological polar surface area (TPSA) is 9.23 Å². The van der Waals surface area contributed by atoms with E-state index in [2.05, 4.69) is 218 Å². The molecule has 1 nitrogen and oxygen atoms in total. The summed E-state index contributed by atoms with van der Waals surface area (Å²) in [6.07, 6.45) is 0. The number of para-hydroxylation sites is 1. The van der Waals surface area contributed by atoms with Gasteiger partial charge in [-0.25, -0.2) is 0 Å². The van der Waals surface area contributed by atoms with Gasteiger partial charge in [0.05, 0.1) is 10.8 Å². The summed E-state index contributed by atoms with van der Waals surface area (Å²) in [7, 11) is 0. The Balaban J connectivity index is 1.04. The summed E-state index contributed by atoms with van der Waals surface area (Å²) in [5.74, 6) is 1.76. The average molecular weight is 725 g/mol. The van der Waals surface area contributed by atoms with Crippen molar-refractivity contribution in [3.05, 3.63) is 263 Å². The molecule has 9 aromatic rings. The predicted molar refractivity (Wildman–Crippen MR) is 232 cm³/mol. The fourth-order valence-electron chi connectivity index (χ4n) is 10.5. The SMILES string of the molecule is c1ccc(C2(c3ccccc3)c3ccccc3Oc3ccc(-c4cccc(-c5ccc6c(c5)C5(c7ccccc7-c7ccccc75)c5ccccc5-6)c4)cc32)cc1. The second-order valence-corrected chi connectivity index (χ2v) is 15.5. The number of hydrogen-bond donors (Lipinski definition) is 0. The summed E-state index contributed by atoms with van der Waals surface area (Å²) in [4.78, 5) is 0. The van der Waals surface area contributed by atoms with Crippen LogP contribution in [0.15, 0.2) is 218 Å². The molecule has 0 amide bonds. The Kier molecular flexibility index (Phi) is 6.83. The van der Waals surface area contributed by atoms with Crippen LogP contribution in [-0.2, 0) is 10.8 Å². The minimum atomic E-state index is -0.572. The number of ether oxygens (including phenoxy) is 1. The van der Waals surface area contributed by atoms with Crippen molar-refractivity contribution < 1.29 is 4.74 Å². The Morgan fingerprint density at radius 3 is 1.25 bits per heavy atom. The molecule has 2 aliphatic carbocycles. The molecule has 1 spiro atoms. The van der Waals surface area contributed by atoms with E-state index in [4.69, 9.17) is 4.74 Å². The van der Waals surface area contributed by atoms with Crippen LogP contribution in [0.2, 0.25) is 0 Å². The number of benzene rings is 9. The van der Waals surface area contributed by atoms with E-state index in [0.717, 1.165) is 28.2 Å². The number of hydrogen-bond acceptors (Lipinski definition) is 1.